The van der Waals surface area contributed by atoms with Crippen molar-refractivity contribution < 1.29 is 14.3 Å². The van der Waals surface area contributed by atoms with Crippen LogP contribution in [0.25, 0.3) is 16.9 Å². The minimum Gasteiger partial charge on any atom is -0.497 e. The van der Waals surface area contributed by atoms with E-state index in [9.17, 15) is 9.59 Å². The first kappa shape index (κ1) is 25.5. The molecule has 1 fully saturated rings. The zero-order valence-corrected chi connectivity index (χ0v) is 22.1. The van der Waals surface area contributed by atoms with Gasteiger partial charge in [-0.2, -0.15) is 0 Å². The monoisotopic (exact) mass is 528 g/mol. The lowest BCUT2D eigenvalue weighted by Gasteiger charge is -2.22. The van der Waals surface area contributed by atoms with Gasteiger partial charge in [-0.15, -0.1) is 0 Å². The van der Waals surface area contributed by atoms with Crippen LogP contribution >= 0.6 is 11.6 Å². The lowest BCUT2D eigenvalue weighted by Crippen LogP contribution is -2.39. The molecule has 8 heteroatoms. The summed E-state index contributed by atoms with van der Waals surface area (Å²) in [6.07, 6.45) is 4.01. The molecule has 1 aliphatic rings. The summed E-state index contributed by atoms with van der Waals surface area (Å²) in [6, 6.07) is 22.3. The van der Waals surface area contributed by atoms with Gasteiger partial charge in [0.15, 0.2) is 0 Å². The maximum absolute atomic E-state index is 13.3. The molecular weight excluding hydrogens is 500 g/mol. The molecule has 0 saturated heterocycles. The van der Waals surface area contributed by atoms with E-state index in [2.05, 4.69) is 5.32 Å². The molecule has 1 aromatic heterocycles. The van der Waals surface area contributed by atoms with Gasteiger partial charge >= 0.3 is 0 Å². The third-order valence-corrected chi connectivity index (χ3v) is 6.80. The number of carbonyl (C=O) groups excluding carboxylic acids is 2. The summed E-state index contributed by atoms with van der Waals surface area (Å²) in [7, 11) is 1.58. The van der Waals surface area contributed by atoms with E-state index in [1.165, 1.54) is 0 Å². The number of methoxy groups -OCH3 is 1. The molecule has 0 bridgehead atoms. The number of halogens is 1. The fourth-order valence-corrected chi connectivity index (χ4v) is 4.34. The maximum Gasteiger partial charge on any atom is 0.254 e. The Hall–Kier alpha value is -4.10. The Bertz CT molecular complexity index is 1430. The lowest BCUT2D eigenvalue weighted by molar-refractivity contribution is -0.117. The van der Waals surface area contributed by atoms with Crippen LogP contribution in [0.5, 0.6) is 5.75 Å². The molecule has 5 rings (SSSR count). The molecule has 7 nitrogen and oxygen atoms in total. The zero-order chi connectivity index (χ0) is 26.6. The number of aryl methyl sites for hydroxylation is 1. The molecule has 1 heterocycles. The van der Waals surface area contributed by atoms with E-state index in [1.807, 2.05) is 54.1 Å². The number of benzene rings is 3. The number of hydrogen-bond acceptors (Lipinski definition) is 4. The molecular formula is C30H29ClN4O3. The molecule has 38 heavy (non-hydrogen) atoms. The van der Waals surface area contributed by atoms with Gasteiger partial charge in [0.2, 0.25) is 11.9 Å². The second-order valence-corrected chi connectivity index (χ2v) is 10.0. The number of ether oxygens (including phenoxy) is 1. The van der Waals surface area contributed by atoms with E-state index in [0.29, 0.717) is 40.4 Å². The average Bonchev–Trinajstić information content (AvgIpc) is 3.66. The van der Waals surface area contributed by atoms with Gasteiger partial charge in [-0.25, -0.2) is 4.98 Å². The van der Waals surface area contributed by atoms with Crippen LogP contribution in [0.4, 0.5) is 5.95 Å². The minimum atomic E-state index is -0.311. The van der Waals surface area contributed by atoms with E-state index in [-0.39, 0.29) is 18.4 Å². The highest BCUT2D eigenvalue weighted by Crippen LogP contribution is 2.30. The standard InChI is InChI=1S/C30H29ClN4O3/c1-20-3-13-25(14-4-20)35-18-27(22-7-11-24(31)12-8-22)32-30(35)33-28(36)19-34(17-21-5-6-21)29(37)23-9-15-26(38-2)16-10-23/h3-4,7-16,18,21H,5-6,17,19H2,1-2H3,(H,32,33,36). The molecule has 0 radical (unpaired) electrons. The van der Waals surface area contributed by atoms with Crippen LogP contribution in [-0.2, 0) is 4.79 Å². The Morgan fingerprint density at radius 1 is 1.03 bits per heavy atom. The molecule has 1 saturated carbocycles. The van der Waals surface area contributed by atoms with Crippen LogP contribution in [0.3, 0.4) is 0 Å². The van der Waals surface area contributed by atoms with E-state index < -0.39 is 0 Å². The van der Waals surface area contributed by atoms with Gasteiger partial charge < -0.3 is 9.64 Å². The third-order valence-electron chi connectivity index (χ3n) is 6.54. The number of rotatable bonds is 9. The van der Waals surface area contributed by atoms with Crippen molar-refractivity contribution in [2.75, 3.05) is 25.5 Å². The summed E-state index contributed by atoms with van der Waals surface area (Å²) in [5, 5.41) is 3.58. The summed E-state index contributed by atoms with van der Waals surface area (Å²) in [4.78, 5) is 32.9. The van der Waals surface area contributed by atoms with Crippen LogP contribution < -0.4 is 10.1 Å². The van der Waals surface area contributed by atoms with Crippen LogP contribution in [0.1, 0.15) is 28.8 Å². The first-order valence-corrected chi connectivity index (χ1v) is 12.9. The highest BCUT2D eigenvalue weighted by atomic mass is 35.5. The van der Waals surface area contributed by atoms with Crippen LogP contribution in [0.15, 0.2) is 79.0 Å². The SMILES string of the molecule is COc1ccc(C(=O)N(CC(=O)Nc2nc(-c3ccc(Cl)cc3)cn2-c2ccc(C)cc2)CC2CC2)cc1. The predicted molar refractivity (Wildman–Crippen MR) is 149 cm³/mol. The van der Waals surface area contributed by atoms with Crippen molar-refractivity contribution in [2.45, 2.75) is 19.8 Å². The summed E-state index contributed by atoms with van der Waals surface area (Å²) in [5.41, 5.74) is 4.08. The van der Waals surface area contributed by atoms with Crippen molar-refractivity contribution in [2.24, 2.45) is 5.92 Å². The van der Waals surface area contributed by atoms with E-state index in [0.717, 1.165) is 29.7 Å². The Kier molecular flexibility index (Phi) is 7.47. The fourth-order valence-electron chi connectivity index (χ4n) is 4.22. The molecule has 4 aromatic rings. The van der Waals surface area contributed by atoms with Crippen LogP contribution in [0.2, 0.25) is 5.02 Å². The van der Waals surface area contributed by atoms with Gasteiger partial charge in [0, 0.05) is 34.6 Å². The second kappa shape index (κ2) is 11.1. The third kappa shape index (κ3) is 6.06. The van der Waals surface area contributed by atoms with Crippen molar-refractivity contribution in [3.05, 3.63) is 95.1 Å². The number of imidazole rings is 1. The van der Waals surface area contributed by atoms with Gasteiger partial charge in [0.05, 0.1) is 12.8 Å². The number of hydrogen-bond donors (Lipinski definition) is 1. The zero-order valence-electron chi connectivity index (χ0n) is 21.4. The van der Waals surface area contributed by atoms with E-state index >= 15 is 0 Å². The number of anilines is 1. The van der Waals surface area contributed by atoms with Crippen LogP contribution in [-0.4, -0.2) is 46.5 Å². The average molecular weight is 529 g/mol. The Morgan fingerprint density at radius 3 is 2.34 bits per heavy atom. The van der Waals surface area contributed by atoms with Crippen LogP contribution in [0, 0.1) is 12.8 Å². The molecule has 3 aromatic carbocycles. The molecule has 1 N–H and O–H groups in total. The maximum atomic E-state index is 13.3. The number of carbonyl (C=O) groups is 2. The van der Waals surface area contributed by atoms with Gasteiger partial charge in [0.1, 0.15) is 12.3 Å². The second-order valence-electron chi connectivity index (χ2n) is 9.57. The van der Waals surface area contributed by atoms with E-state index in [4.69, 9.17) is 21.3 Å². The molecule has 0 spiro atoms. The first-order chi connectivity index (χ1) is 18.4. The largest absolute Gasteiger partial charge is 0.497 e. The molecule has 0 unspecified atom stereocenters. The molecule has 1 aliphatic carbocycles. The molecule has 2 amide bonds. The highest BCUT2D eigenvalue weighted by molar-refractivity contribution is 6.30. The number of nitrogens with zero attached hydrogens (tertiary/aromatic N) is 3. The lowest BCUT2D eigenvalue weighted by atomic mass is 10.2. The first-order valence-electron chi connectivity index (χ1n) is 12.5. The predicted octanol–water partition coefficient (Wildman–Crippen LogP) is 6.00. The topological polar surface area (TPSA) is 76.5 Å². The molecule has 0 aliphatic heterocycles. The number of amides is 2. The fraction of sp³-hybridized carbons (Fsp3) is 0.233. The van der Waals surface area contributed by atoms with Crippen molar-refractivity contribution in [3.8, 4) is 22.7 Å². The Labute approximate surface area is 227 Å². The van der Waals surface area contributed by atoms with Gasteiger partial charge in [-0.1, -0.05) is 41.4 Å². The molecule has 194 valence electrons. The van der Waals surface area contributed by atoms with Crippen molar-refractivity contribution in [1.29, 1.82) is 0 Å². The summed E-state index contributed by atoms with van der Waals surface area (Å²) in [5.74, 6) is 0.989. The normalized spacial score (nSPS) is 12.7. The van der Waals surface area contributed by atoms with Crippen molar-refractivity contribution in [3.63, 3.8) is 0 Å². The highest BCUT2D eigenvalue weighted by Gasteiger charge is 2.29. The number of nitrogens with one attached hydrogen (secondary N) is 1. The smallest absolute Gasteiger partial charge is 0.254 e. The minimum absolute atomic E-state index is 0.0710. The summed E-state index contributed by atoms with van der Waals surface area (Å²) in [6.45, 7) is 2.49. The van der Waals surface area contributed by atoms with Gasteiger partial charge in [-0.3, -0.25) is 19.5 Å². The molecule has 0 atom stereocenters. The van der Waals surface area contributed by atoms with Gasteiger partial charge in [0.25, 0.3) is 5.91 Å². The van der Waals surface area contributed by atoms with E-state index in [1.54, 1.807) is 48.4 Å². The summed E-state index contributed by atoms with van der Waals surface area (Å²) < 4.78 is 7.05. The Balaban J connectivity index is 1.39. The van der Waals surface area contributed by atoms with Gasteiger partial charge in [-0.05, 0) is 74.2 Å². The Morgan fingerprint density at radius 2 is 1.71 bits per heavy atom. The summed E-state index contributed by atoms with van der Waals surface area (Å²) >= 11 is 6.07. The number of aromatic nitrogens is 2. The quantitative estimate of drug-likeness (QED) is 0.289. The van der Waals surface area contributed by atoms with Crippen molar-refractivity contribution >= 4 is 29.4 Å². The van der Waals surface area contributed by atoms with Crippen molar-refractivity contribution in [1.82, 2.24) is 14.5 Å².